The Bertz CT molecular complexity index is 1150. The molecule has 3 aromatic rings. The predicted molar refractivity (Wildman–Crippen MR) is 128 cm³/mol. The van der Waals surface area contributed by atoms with Crippen molar-refractivity contribution in [2.75, 3.05) is 16.2 Å². The minimum absolute atomic E-state index is 0.157. The van der Waals surface area contributed by atoms with Gasteiger partial charge in [-0.05, 0) is 74.4 Å². The van der Waals surface area contributed by atoms with Gasteiger partial charge < -0.3 is 10.1 Å². The SMILES string of the molecule is CCC(Oc1cccc(C)c1)C(=O)Nc1ccc(S(=O)(=O)N(CC)c2ccccc2)cc1. The predicted octanol–water partition coefficient (Wildman–Crippen LogP) is 5.01. The molecule has 0 spiro atoms. The summed E-state index contributed by atoms with van der Waals surface area (Å²) in [6.45, 7) is 5.93. The minimum Gasteiger partial charge on any atom is -0.481 e. The molecule has 0 fully saturated rings. The van der Waals surface area contributed by atoms with Crippen LogP contribution in [0.25, 0.3) is 0 Å². The maximum atomic E-state index is 13.1. The Balaban J connectivity index is 1.72. The molecule has 0 heterocycles. The lowest BCUT2D eigenvalue weighted by Crippen LogP contribution is -2.32. The molecule has 1 amide bonds. The third-order valence-corrected chi connectivity index (χ3v) is 6.89. The van der Waals surface area contributed by atoms with E-state index in [-0.39, 0.29) is 10.8 Å². The summed E-state index contributed by atoms with van der Waals surface area (Å²) in [5, 5.41) is 2.81. The molecule has 0 aliphatic carbocycles. The van der Waals surface area contributed by atoms with E-state index in [9.17, 15) is 13.2 Å². The van der Waals surface area contributed by atoms with Gasteiger partial charge in [-0.25, -0.2) is 8.42 Å². The molecule has 1 unspecified atom stereocenters. The second-order valence-corrected chi connectivity index (χ2v) is 9.21. The molecule has 6 nitrogen and oxygen atoms in total. The second kappa shape index (κ2) is 10.3. The van der Waals surface area contributed by atoms with E-state index in [4.69, 9.17) is 4.74 Å². The number of anilines is 2. The van der Waals surface area contributed by atoms with Gasteiger partial charge in [-0.2, -0.15) is 0 Å². The second-order valence-electron chi connectivity index (χ2n) is 7.35. The van der Waals surface area contributed by atoms with E-state index in [1.54, 1.807) is 43.3 Å². The summed E-state index contributed by atoms with van der Waals surface area (Å²) in [6, 6.07) is 22.7. The lowest BCUT2D eigenvalue weighted by atomic mass is 10.2. The van der Waals surface area contributed by atoms with E-state index >= 15 is 0 Å². The van der Waals surface area contributed by atoms with Crippen molar-refractivity contribution < 1.29 is 17.9 Å². The molecule has 3 aromatic carbocycles. The number of sulfonamides is 1. The van der Waals surface area contributed by atoms with E-state index in [1.165, 1.54) is 16.4 Å². The molecule has 0 radical (unpaired) electrons. The zero-order chi connectivity index (χ0) is 23.1. The largest absolute Gasteiger partial charge is 0.481 e. The van der Waals surface area contributed by atoms with Crippen LogP contribution < -0.4 is 14.4 Å². The Morgan fingerprint density at radius 2 is 1.66 bits per heavy atom. The van der Waals surface area contributed by atoms with Gasteiger partial charge in [0.25, 0.3) is 15.9 Å². The first kappa shape index (κ1) is 23.3. The Kier molecular flexibility index (Phi) is 7.53. The van der Waals surface area contributed by atoms with Crippen molar-refractivity contribution in [3.05, 3.63) is 84.4 Å². The molecular weight excluding hydrogens is 424 g/mol. The molecule has 0 aliphatic rings. The standard InChI is InChI=1S/C25H28N2O4S/c1-4-24(31-22-13-9-10-19(3)18-22)25(28)26-20-14-16-23(17-15-20)32(29,30)27(5-2)21-11-7-6-8-12-21/h6-18,24H,4-5H2,1-3H3,(H,26,28). The van der Waals surface area contributed by atoms with Crippen LogP contribution >= 0.6 is 0 Å². The smallest absolute Gasteiger partial charge is 0.265 e. The van der Waals surface area contributed by atoms with Gasteiger partial charge in [-0.3, -0.25) is 9.10 Å². The van der Waals surface area contributed by atoms with E-state index in [0.29, 0.717) is 30.1 Å². The van der Waals surface area contributed by atoms with Crippen molar-refractivity contribution in [2.45, 2.75) is 38.2 Å². The van der Waals surface area contributed by atoms with Crippen molar-refractivity contribution >= 4 is 27.3 Å². The first-order valence-corrected chi connectivity index (χ1v) is 12.0. The van der Waals surface area contributed by atoms with Crippen molar-refractivity contribution in [2.24, 2.45) is 0 Å². The highest BCUT2D eigenvalue weighted by Crippen LogP contribution is 2.24. The summed E-state index contributed by atoms with van der Waals surface area (Å²) in [6.07, 6.45) is -0.164. The number of benzene rings is 3. The van der Waals surface area contributed by atoms with Crippen LogP contribution in [-0.4, -0.2) is 27.0 Å². The maximum Gasteiger partial charge on any atom is 0.265 e. The number of nitrogens with one attached hydrogen (secondary N) is 1. The summed E-state index contributed by atoms with van der Waals surface area (Å²) < 4.78 is 33.4. The van der Waals surface area contributed by atoms with Crippen LogP contribution in [0.4, 0.5) is 11.4 Å². The van der Waals surface area contributed by atoms with Crippen LogP contribution in [0, 0.1) is 6.92 Å². The number of carbonyl (C=O) groups is 1. The zero-order valence-corrected chi connectivity index (χ0v) is 19.3. The highest BCUT2D eigenvalue weighted by Gasteiger charge is 2.24. The van der Waals surface area contributed by atoms with E-state index in [2.05, 4.69) is 5.32 Å². The van der Waals surface area contributed by atoms with Crippen LogP contribution in [-0.2, 0) is 14.8 Å². The molecule has 3 rings (SSSR count). The average Bonchev–Trinajstić information content (AvgIpc) is 2.79. The molecule has 0 bridgehead atoms. The lowest BCUT2D eigenvalue weighted by Gasteiger charge is -2.23. The molecule has 1 N–H and O–H groups in total. The summed E-state index contributed by atoms with van der Waals surface area (Å²) >= 11 is 0. The van der Waals surface area contributed by atoms with Gasteiger partial charge in [0.2, 0.25) is 0 Å². The third kappa shape index (κ3) is 5.48. The summed E-state index contributed by atoms with van der Waals surface area (Å²) in [5.74, 6) is 0.345. The number of hydrogen-bond donors (Lipinski definition) is 1. The monoisotopic (exact) mass is 452 g/mol. The number of aryl methyl sites for hydroxylation is 1. The van der Waals surface area contributed by atoms with Gasteiger partial charge in [0.05, 0.1) is 10.6 Å². The van der Waals surface area contributed by atoms with Crippen LogP contribution in [0.15, 0.2) is 83.8 Å². The Morgan fingerprint density at radius 3 is 2.25 bits per heavy atom. The third-order valence-electron chi connectivity index (χ3n) is 4.97. The van der Waals surface area contributed by atoms with Gasteiger partial charge in [0.15, 0.2) is 6.10 Å². The Morgan fingerprint density at radius 1 is 0.969 bits per heavy atom. The van der Waals surface area contributed by atoms with Crippen molar-refractivity contribution in [3.63, 3.8) is 0 Å². The number of nitrogens with zero attached hydrogens (tertiary/aromatic N) is 1. The van der Waals surface area contributed by atoms with E-state index in [1.807, 2.05) is 44.2 Å². The molecule has 0 saturated carbocycles. The minimum atomic E-state index is -3.72. The van der Waals surface area contributed by atoms with Gasteiger partial charge in [0, 0.05) is 12.2 Å². The molecule has 0 aromatic heterocycles. The number of rotatable bonds is 9. The number of carbonyl (C=O) groups excluding carboxylic acids is 1. The van der Waals surface area contributed by atoms with Crippen LogP contribution in [0.1, 0.15) is 25.8 Å². The van der Waals surface area contributed by atoms with Gasteiger partial charge >= 0.3 is 0 Å². The van der Waals surface area contributed by atoms with Crippen LogP contribution in [0.5, 0.6) is 5.75 Å². The fourth-order valence-corrected chi connectivity index (χ4v) is 4.79. The number of hydrogen-bond acceptors (Lipinski definition) is 4. The van der Waals surface area contributed by atoms with Crippen molar-refractivity contribution in [1.29, 1.82) is 0 Å². The van der Waals surface area contributed by atoms with Crippen LogP contribution in [0.2, 0.25) is 0 Å². The highest BCUT2D eigenvalue weighted by atomic mass is 32.2. The molecule has 0 aliphatic heterocycles. The topological polar surface area (TPSA) is 75.7 Å². The summed E-state index contributed by atoms with van der Waals surface area (Å²) in [4.78, 5) is 12.8. The van der Waals surface area contributed by atoms with E-state index < -0.39 is 16.1 Å². The summed E-state index contributed by atoms with van der Waals surface area (Å²) in [7, 11) is -3.72. The molecule has 0 saturated heterocycles. The van der Waals surface area contributed by atoms with Gasteiger partial charge in [-0.1, -0.05) is 37.3 Å². The van der Waals surface area contributed by atoms with Gasteiger partial charge in [0.1, 0.15) is 5.75 Å². The fourth-order valence-electron chi connectivity index (χ4n) is 3.32. The fraction of sp³-hybridized carbons (Fsp3) is 0.240. The molecule has 7 heteroatoms. The Hall–Kier alpha value is -3.32. The quantitative estimate of drug-likeness (QED) is 0.495. The first-order valence-electron chi connectivity index (χ1n) is 10.6. The highest BCUT2D eigenvalue weighted by molar-refractivity contribution is 7.92. The number of amides is 1. The van der Waals surface area contributed by atoms with E-state index in [0.717, 1.165) is 5.56 Å². The molecule has 32 heavy (non-hydrogen) atoms. The number of para-hydroxylation sites is 1. The maximum absolute atomic E-state index is 13.1. The molecular formula is C25H28N2O4S. The number of ether oxygens (including phenoxy) is 1. The first-order chi connectivity index (χ1) is 15.3. The zero-order valence-electron chi connectivity index (χ0n) is 18.5. The average molecular weight is 453 g/mol. The summed E-state index contributed by atoms with van der Waals surface area (Å²) in [5.41, 5.74) is 2.15. The molecule has 168 valence electrons. The van der Waals surface area contributed by atoms with Crippen molar-refractivity contribution in [3.8, 4) is 5.75 Å². The van der Waals surface area contributed by atoms with Crippen molar-refractivity contribution in [1.82, 2.24) is 0 Å². The van der Waals surface area contributed by atoms with Crippen LogP contribution in [0.3, 0.4) is 0 Å². The normalized spacial score (nSPS) is 12.1. The Labute approximate surface area is 189 Å². The lowest BCUT2D eigenvalue weighted by molar-refractivity contribution is -0.122. The van der Waals surface area contributed by atoms with Gasteiger partial charge in [-0.15, -0.1) is 0 Å². The molecule has 1 atom stereocenters.